The Bertz CT molecular complexity index is 817. The predicted molar refractivity (Wildman–Crippen MR) is 88.2 cm³/mol. The van der Waals surface area contributed by atoms with E-state index in [2.05, 4.69) is 15.3 Å². The van der Waals surface area contributed by atoms with E-state index in [1.807, 2.05) is 13.1 Å². The zero-order valence-corrected chi connectivity index (χ0v) is 13.7. The van der Waals surface area contributed by atoms with E-state index >= 15 is 0 Å². The molecule has 0 aliphatic heterocycles. The molecule has 2 aromatic rings. The number of carboxylic acid groups (broad SMARTS) is 1. The molecule has 1 aliphatic rings. The Hall–Kier alpha value is -2.76. The van der Waals surface area contributed by atoms with E-state index in [0.29, 0.717) is 17.5 Å². The van der Waals surface area contributed by atoms with Gasteiger partial charge in [0.2, 0.25) is 0 Å². The lowest BCUT2D eigenvalue weighted by Crippen LogP contribution is -2.39. The monoisotopic (exact) mass is 325 g/mol. The minimum absolute atomic E-state index is 0.00545. The second kappa shape index (κ2) is 6.39. The lowest BCUT2D eigenvalue weighted by Gasteiger charge is -2.24. The van der Waals surface area contributed by atoms with E-state index in [1.54, 1.807) is 19.1 Å². The van der Waals surface area contributed by atoms with Crippen LogP contribution in [0, 0.1) is 13.8 Å². The van der Waals surface area contributed by atoms with Crippen molar-refractivity contribution in [1.29, 1.82) is 0 Å². The molecule has 6 heteroatoms. The number of carbonyl (C=O) groups excluding carboxylic acids is 1. The summed E-state index contributed by atoms with van der Waals surface area (Å²) in [5.74, 6) is -0.516. The summed E-state index contributed by atoms with van der Waals surface area (Å²) in [6, 6.07) is 4.74. The molecule has 3 rings (SSSR count). The predicted octanol–water partition coefficient (Wildman–Crippen LogP) is 2.08. The third-order valence-electron chi connectivity index (χ3n) is 4.34. The highest BCUT2D eigenvalue weighted by Crippen LogP contribution is 2.20. The first-order chi connectivity index (χ1) is 11.4. The normalized spacial score (nSPS) is 16.3. The molecule has 6 nitrogen and oxygen atoms in total. The minimum atomic E-state index is -1.03. The number of benzene rings is 1. The molecular weight excluding hydrogens is 306 g/mol. The van der Waals surface area contributed by atoms with E-state index in [-0.39, 0.29) is 17.5 Å². The highest BCUT2D eigenvalue weighted by molar-refractivity contribution is 5.98. The maximum atomic E-state index is 12.4. The van der Waals surface area contributed by atoms with Crippen LogP contribution in [0.1, 0.15) is 49.8 Å². The Morgan fingerprint density at radius 2 is 2.08 bits per heavy atom. The summed E-state index contributed by atoms with van der Waals surface area (Å²) in [5, 5.41) is 12.2. The van der Waals surface area contributed by atoms with Crippen LogP contribution in [-0.4, -0.2) is 33.0 Å². The van der Waals surface area contributed by atoms with Crippen LogP contribution in [0.2, 0.25) is 0 Å². The second-order valence-corrected chi connectivity index (χ2v) is 6.14. The number of fused-ring (bicyclic) bond motifs is 1. The fourth-order valence-corrected chi connectivity index (χ4v) is 2.99. The van der Waals surface area contributed by atoms with Gasteiger partial charge in [-0.2, -0.15) is 0 Å². The van der Waals surface area contributed by atoms with Crippen molar-refractivity contribution in [2.45, 2.75) is 39.2 Å². The first kappa shape index (κ1) is 16.1. The molecule has 0 saturated carbocycles. The largest absolute Gasteiger partial charge is 0.478 e. The number of nitrogens with one attached hydrogen (secondary N) is 1. The van der Waals surface area contributed by atoms with Crippen LogP contribution in [0.5, 0.6) is 0 Å². The van der Waals surface area contributed by atoms with Crippen molar-refractivity contribution < 1.29 is 14.7 Å². The molecule has 0 bridgehead atoms. The SMILES string of the molecule is Cc1ncc2c(n1)CCC(NC(=O)c1ccc(C)c(C(=O)O)c1)C2. The number of aryl methyl sites for hydroxylation is 3. The number of amides is 1. The van der Waals surface area contributed by atoms with Crippen LogP contribution >= 0.6 is 0 Å². The quantitative estimate of drug-likeness (QED) is 0.901. The third kappa shape index (κ3) is 3.27. The molecule has 1 atom stereocenters. The summed E-state index contributed by atoms with van der Waals surface area (Å²) in [5.41, 5.74) is 3.27. The van der Waals surface area contributed by atoms with E-state index in [9.17, 15) is 14.7 Å². The van der Waals surface area contributed by atoms with Gasteiger partial charge in [0.15, 0.2) is 0 Å². The highest BCUT2D eigenvalue weighted by atomic mass is 16.4. The molecule has 0 radical (unpaired) electrons. The van der Waals surface area contributed by atoms with Gasteiger partial charge >= 0.3 is 5.97 Å². The molecule has 0 saturated heterocycles. The van der Waals surface area contributed by atoms with E-state index in [4.69, 9.17) is 0 Å². The van der Waals surface area contributed by atoms with Gasteiger partial charge in [-0.3, -0.25) is 4.79 Å². The lowest BCUT2D eigenvalue weighted by atomic mass is 9.92. The smallest absolute Gasteiger partial charge is 0.335 e. The summed E-state index contributed by atoms with van der Waals surface area (Å²) >= 11 is 0. The molecule has 1 heterocycles. The van der Waals surface area contributed by atoms with Gasteiger partial charge in [-0.05, 0) is 56.4 Å². The maximum absolute atomic E-state index is 12.4. The fourth-order valence-electron chi connectivity index (χ4n) is 2.99. The zero-order valence-electron chi connectivity index (χ0n) is 13.7. The Kier molecular flexibility index (Phi) is 4.29. The standard InChI is InChI=1S/C18H19N3O3/c1-10-3-4-12(8-15(10)18(23)24)17(22)21-14-5-6-16-13(7-14)9-19-11(2)20-16/h3-4,8-9,14H,5-7H2,1-2H3,(H,21,22)(H,23,24). The van der Waals surface area contributed by atoms with E-state index < -0.39 is 5.97 Å². The molecule has 0 fully saturated rings. The van der Waals surface area contributed by atoms with Gasteiger partial charge in [0.1, 0.15) is 5.82 Å². The third-order valence-corrected chi connectivity index (χ3v) is 4.34. The highest BCUT2D eigenvalue weighted by Gasteiger charge is 2.22. The fraction of sp³-hybridized carbons (Fsp3) is 0.333. The Morgan fingerprint density at radius 3 is 2.83 bits per heavy atom. The minimum Gasteiger partial charge on any atom is -0.478 e. The van der Waals surface area contributed by atoms with Gasteiger partial charge in [0.05, 0.1) is 5.56 Å². The number of aromatic nitrogens is 2. The van der Waals surface area contributed by atoms with Crippen molar-refractivity contribution in [1.82, 2.24) is 15.3 Å². The molecule has 1 amide bonds. The van der Waals surface area contributed by atoms with Crippen LogP contribution in [0.25, 0.3) is 0 Å². The number of rotatable bonds is 3. The number of hydrogen-bond acceptors (Lipinski definition) is 4. The van der Waals surface area contributed by atoms with Crippen LogP contribution in [0.3, 0.4) is 0 Å². The number of carboxylic acids is 1. The summed E-state index contributed by atoms with van der Waals surface area (Å²) in [6.07, 6.45) is 4.13. The van der Waals surface area contributed by atoms with Gasteiger partial charge in [0.25, 0.3) is 5.91 Å². The summed E-state index contributed by atoms with van der Waals surface area (Å²) in [6.45, 7) is 3.58. The molecule has 24 heavy (non-hydrogen) atoms. The summed E-state index contributed by atoms with van der Waals surface area (Å²) in [7, 11) is 0. The summed E-state index contributed by atoms with van der Waals surface area (Å²) < 4.78 is 0. The van der Waals surface area contributed by atoms with Gasteiger partial charge in [-0.25, -0.2) is 14.8 Å². The van der Waals surface area contributed by atoms with Gasteiger partial charge in [-0.1, -0.05) is 6.07 Å². The molecular formula is C18H19N3O3. The molecule has 1 aromatic carbocycles. The number of nitrogens with zero attached hydrogens (tertiary/aromatic N) is 2. The van der Waals surface area contributed by atoms with Gasteiger partial charge in [-0.15, -0.1) is 0 Å². The number of carbonyl (C=O) groups is 2. The van der Waals surface area contributed by atoms with Crippen molar-refractivity contribution in [2.75, 3.05) is 0 Å². The van der Waals surface area contributed by atoms with Crippen LogP contribution < -0.4 is 5.32 Å². The van der Waals surface area contributed by atoms with E-state index in [0.717, 1.165) is 29.9 Å². The van der Waals surface area contributed by atoms with Gasteiger partial charge in [0, 0.05) is 23.5 Å². The Labute approximate surface area is 140 Å². The zero-order chi connectivity index (χ0) is 17.3. The average Bonchev–Trinajstić information content (AvgIpc) is 2.55. The number of hydrogen-bond donors (Lipinski definition) is 2. The van der Waals surface area contributed by atoms with Crippen molar-refractivity contribution >= 4 is 11.9 Å². The Balaban J connectivity index is 1.73. The van der Waals surface area contributed by atoms with Crippen LogP contribution in [0.15, 0.2) is 24.4 Å². The van der Waals surface area contributed by atoms with Crippen LogP contribution in [0.4, 0.5) is 0 Å². The molecule has 1 unspecified atom stereocenters. The van der Waals surface area contributed by atoms with Crippen LogP contribution in [-0.2, 0) is 12.8 Å². The van der Waals surface area contributed by atoms with Crippen molar-refractivity contribution in [3.05, 3.63) is 58.2 Å². The Morgan fingerprint density at radius 1 is 1.29 bits per heavy atom. The topological polar surface area (TPSA) is 92.2 Å². The lowest BCUT2D eigenvalue weighted by molar-refractivity contribution is 0.0696. The van der Waals surface area contributed by atoms with Crippen molar-refractivity contribution in [3.63, 3.8) is 0 Å². The molecule has 0 spiro atoms. The second-order valence-electron chi connectivity index (χ2n) is 6.14. The van der Waals surface area contributed by atoms with Crippen molar-refractivity contribution in [2.24, 2.45) is 0 Å². The van der Waals surface area contributed by atoms with Gasteiger partial charge < -0.3 is 10.4 Å². The molecule has 1 aromatic heterocycles. The molecule has 124 valence electrons. The summed E-state index contributed by atoms with van der Waals surface area (Å²) in [4.78, 5) is 32.3. The number of aromatic carboxylic acids is 1. The average molecular weight is 325 g/mol. The van der Waals surface area contributed by atoms with Crippen molar-refractivity contribution in [3.8, 4) is 0 Å². The molecule has 1 aliphatic carbocycles. The maximum Gasteiger partial charge on any atom is 0.335 e. The first-order valence-electron chi connectivity index (χ1n) is 7.90. The molecule has 2 N–H and O–H groups in total. The van der Waals surface area contributed by atoms with E-state index in [1.165, 1.54) is 6.07 Å². The first-order valence-corrected chi connectivity index (χ1v) is 7.90.